The SMILES string of the molecule is CCOc1nc2nc(Nc3c(Cl)cncc3Cl)[nH]c2cc1C(=O)Nc1ccc(Br)cc1. The highest BCUT2D eigenvalue weighted by Gasteiger charge is 2.19. The molecule has 4 aromatic rings. The molecule has 31 heavy (non-hydrogen) atoms. The van der Waals surface area contributed by atoms with Crippen molar-refractivity contribution >= 4 is 73.5 Å². The fourth-order valence-corrected chi connectivity index (χ4v) is 3.50. The molecule has 0 atom stereocenters. The highest BCUT2D eigenvalue weighted by Crippen LogP contribution is 2.32. The Labute approximate surface area is 195 Å². The summed E-state index contributed by atoms with van der Waals surface area (Å²) in [5.74, 6) is 0.178. The standard InChI is InChI=1S/C20H15BrCl2N6O2/c1-2-31-19-12(18(30)25-11-5-3-10(21)4-6-11)7-15-17(28-19)29-20(26-15)27-16-13(22)8-24-9-14(16)23/h3-9H,2H2,1H3,(H,25,30)(H2,24,26,27,28,29). The number of halogens is 3. The van der Waals surface area contributed by atoms with E-state index in [9.17, 15) is 4.79 Å². The number of aromatic amines is 1. The van der Waals surface area contributed by atoms with Crippen molar-refractivity contribution in [2.45, 2.75) is 6.92 Å². The van der Waals surface area contributed by atoms with E-state index in [0.717, 1.165) is 4.47 Å². The largest absolute Gasteiger partial charge is 0.477 e. The van der Waals surface area contributed by atoms with E-state index in [2.05, 4.69) is 46.5 Å². The zero-order valence-corrected chi connectivity index (χ0v) is 19.1. The Morgan fingerprint density at radius 3 is 2.55 bits per heavy atom. The van der Waals surface area contributed by atoms with Crippen LogP contribution in [0.2, 0.25) is 10.0 Å². The first kappa shape index (κ1) is 21.4. The topological polar surface area (TPSA) is 105 Å². The molecule has 11 heteroatoms. The Hall–Kier alpha value is -2.88. The number of carbonyl (C=O) groups is 1. The van der Waals surface area contributed by atoms with Crippen LogP contribution in [0.3, 0.4) is 0 Å². The van der Waals surface area contributed by atoms with Gasteiger partial charge >= 0.3 is 0 Å². The number of anilines is 3. The molecule has 0 saturated carbocycles. The molecule has 8 nitrogen and oxygen atoms in total. The van der Waals surface area contributed by atoms with E-state index in [1.54, 1.807) is 18.2 Å². The zero-order valence-electron chi connectivity index (χ0n) is 16.0. The smallest absolute Gasteiger partial charge is 0.261 e. The van der Waals surface area contributed by atoms with Gasteiger partial charge < -0.3 is 20.4 Å². The van der Waals surface area contributed by atoms with Gasteiger partial charge in [0.2, 0.25) is 11.8 Å². The maximum Gasteiger partial charge on any atom is 0.261 e. The van der Waals surface area contributed by atoms with Gasteiger partial charge in [0.1, 0.15) is 5.56 Å². The number of imidazole rings is 1. The number of pyridine rings is 2. The number of hydrogen-bond acceptors (Lipinski definition) is 6. The predicted molar refractivity (Wildman–Crippen MR) is 125 cm³/mol. The quantitative estimate of drug-likeness (QED) is 0.295. The van der Waals surface area contributed by atoms with Crippen LogP contribution in [0.1, 0.15) is 17.3 Å². The van der Waals surface area contributed by atoms with Crippen molar-refractivity contribution in [1.82, 2.24) is 19.9 Å². The molecule has 0 aliphatic rings. The number of nitrogens with one attached hydrogen (secondary N) is 3. The normalized spacial score (nSPS) is 10.8. The van der Waals surface area contributed by atoms with E-state index >= 15 is 0 Å². The van der Waals surface area contributed by atoms with Gasteiger partial charge in [0.15, 0.2) is 5.65 Å². The van der Waals surface area contributed by atoms with Gasteiger partial charge in [0, 0.05) is 22.6 Å². The average Bonchev–Trinajstić information content (AvgIpc) is 3.13. The molecular formula is C20H15BrCl2N6O2. The molecule has 1 aromatic carbocycles. The maximum atomic E-state index is 12.9. The minimum Gasteiger partial charge on any atom is -0.477 e. The highest BCUT2D eigenvalue weighted by molar-refractivity contribution is 9.10. The molecule has 0 bridgehead atoms. The van der Waals surface area contributed by atoms with E-state index in [-0.39, 0.29) is 17.4 Å². The maximum absolute atomic E-state index is 12.9. The molecule has 0 aliphatic carbocycles. The van der Waals surface area contributed by atoms with E-state index in [1.807, 2.05) is 19.1 Å². The Bertz CT molecular complexity index is 1240. The Kier molecular flexibility index (Phi) is 6.26. The first-order chi connectivity index (χ1) is 14.9. The van der Waals surface area contributed by atoms with Crippen molar-refractivity contribution in [2.75, 3.05) is 17.2 Å². The fourth-order valence-electron chi connectivity index (χ4n) is 2.78. The second-order valence-corrected chi connectivity index (χ2v) is 8.02. The number of nitrogens with zero attached hydrogens (tertiary/aromatic N) is 3. The molecular weight excluding hydrogens is 507 g/mol. The van der Waals surface area contributed by atoms with Crippen LogP contribution in [0, 0.1) is 0 Å². The van der Waals surface area contributed by atoms with Crippen LogP contribution in [-0.2, 0) is 0 Å². The van der Waals surface area contributed by atoms with Gasteiger partial charge in [-0.1, -0.05) is 39.1 Å². The molecule has 0 saturated heterocycles. The average molecular weight is 522 g/mol. The van der Waals surface area contributed by atoms with Crippen molar-refractivity contribution < 1.29 is 9.53 Å². The van der Waals surface area contributed by atoms with Gasteiger partial charge in [-0.05, 0) is 37.3 Å². The summed E-state index contributed by atoms with van der Waals surface area (Å²) in [5.41, 5.74) is 2.27. The lowest BCUT2D eigenvalue weighted by molar-refractivity contribution is 0.102. The van der Waals surface area contributed by atoms with Crippen molar-refractivity contribution in [3.8, 4) is 5.88 Å². The number of aromatic nitrogens is 4. The molecule has 0 radical (unpaired) electrons. The van der Waals surface area contributed by atoms with Gasteiger partial charge in [-0.15, -0.1) is 0 Å². The van der Waals surface area contributed by atoms with Gasteiger partial charge in [-0.25, -0.2) is 0 Å². The second kappa shape index (κ2) is 9.09. The zero-order chi connectivity index (χ0) is 22.0. The van der Waals surface area contributed by atoms with Gasteiger partial charge in [-0.2, -0.15) is 9.97 Å². The molecule has 0 fully saturated rings. The Morgan fingerprint density at radius 1 is 1.16 bits per heavy atom. The third kappa shape index (κ3) is 4.73. The summed E-state index contributed by atoms with van der Waals surface area (Å²) < 4.78 is 6.50. The van der Waals surface area contributed by atoms with Crippen LogP contribution in [0.15, 0.2) is 47.2 Å². The number of hydrogen-bond donors (Lipinski definition) is 3. The molecule has 4 rings (SSSR count). The fraction of sp³-hybridized carbons (Fsp3) is 0.100. The van der Waals surface area contributed by atoms with E-state index in [0.29, 0.717) is 45.1 Å². The predicted octanol–water partition coefficient (Wildman–Crippen LogP) is 5.82. The molecule has 3 aromatic heterocycles. The van der Waals surface area contributed by atoms with Crippen molar-refractivity contribution in [1.29, 1.82) is 0 Å². The van der Waals surface area contributed by atoms with Gasteiger partial charge in [0.25, 0.3) is 5.91 Å². The third-order valence-corrected chi connectivity index (χ3v) is 5.26. The molecule has 3 N–H and O–H groups in total. The number of amides is 1. The van der Waals surface area contributed by atoms with E-state index in [4.69, 9.17) is 27.9 Å². The molecule has 0 aliphatic heterocycles. The summed E-state index contributed by atoms with van der Waals surface area (Å²) in [6, 6.07) is 8.88. The molecule has 0 unspecified atom stereocenters. The highest BCUT2D eigenvalue weighted by atomic mass is 79.9. The molecule has 1 amide bonds. The number of benzene rings is 1. The molecule has 158 valence electrons. The first-order valence-corrected chi connectivity index (χ1v) is 10.7. The minimum atomic E-state index is -0.357. The van der Waals surface area contributed by atoms with Crippen LogP contribution in [-0.4, -0.2) is 32.4 Å². The van der Waals surface area contributed by atoms with Crippen molar-refractivity contribution in [3.05, 3.63) is 62.8 Å². The number of H-pyrrole nitrogens is 1. The number of rotatable bonds is 6. The summed E-state index contributed by atoms with van der Waals surface area (Å²) in [4.78, 5) is 28.7. The Morgan fingerprint density at radius 2 is 1.87 bits per heavy atom. The Balaban J connectivity index is 1.67. The van der Waals surface area contributed by atoms with E-state index < -0.39 is 0 Å². The summed E-state index contributed by atoms with van der Waals surface area (Å²) in [5, 5.41) is 6.53. The lowest BCUT2D eigenvalue weighted by Crippen LogP contribution is -2.14. The summed E-state index contributed by atoms with van der Waals surface area (Å²) in [6.45, 7) is 2.15. The van der Waals surface area contributed by atoms with E-state index in [1.165, 1.54) is 12.4 Å². The number of fused-ring (bicyclic) bond motifs is 1. The lowest BCUT2D eigenvalue weighted by atomic mass is 10.2. The van der Waals surface area contributed by atoms with Crippen molar-refractivity contribution in [2.24, 2.45) is 0 Å². The summed E-state index contributed by atoms with van der Waals surface area (Å²) in [6.07, 6.45) is 2.93. The van der Waals surface area contributed by atoms with Crippen LogP contribution in [0.25, 0.3) is 11.2 Å². The van der Waals surface area contributed by atoms with Crippen LogP contribution < -0.4 is 15.4 Å². The molecule has 3 heterocycles. The van der Waals surface area contributed by atoms with Crippen LogP contribution in [0.4, 0.5) is 17.3 Å². The summed E-state index contributed by atoms with van der Waals surface area (Å²) >= 11 is 15.7. The van der Waals surface area contributed by atoms with Crippen LogP contribution in [0.5, 0.6) is 5.88 Å². The van der Waals surface area contributed by atoms with Crippen LogP contribution >= 0.6 is 39.1 Å². The third-order valence-electron chi connectivity index (χ3n) is 4.16. The molecule has 0 spiro atoms. The number of ether oxygens (including phenoxy) is 1. The van der Waals surface area contributed by atoms with Gasteiger partial charge in [-0.3, -0.25) is 9.78 Å². The van der Waals surface area contributed by atoms with Gasteiger partial charge in [0.05, 0.1) is 27.9 Å². The summed E-state index contributed by atoms with van der Waals surface area (Å²) in [7, 11) is 0. The monoisotopic (exact) mass is 520 g/mol. The minimum absolute atomic E-state index is 0.183. The number of carbonyl (C=O) groups excluding carboxylic acids is 1. The second-order valence-electron chi connectivity index (χ2n) is 6.29. The lowest BCUT2D eigenvalue weighted by Gasteiger charge is -2.10. The van der Waals surface area contributed by atoms with Crippen molar-refractivity contribution in [3.63, 3.8) is 0 Å². The first-order valence-electron chi connectivity index (χ1n) is 9.11.